The van der Waals surface area contributed by atoms with Gasteiger partial charge in [0, 0.05) is 12.0 Å². The van der Waals surface area contributed by atoms with Gasteiger partial charge in [-0.1, -0.05) is 20.3 Å². The third-order valence-corrected chi connectivity index (χ3v) is 8.82. The monoisotopic (exact) mass is 304 g/mol. The molecule has 0 aromatic rings. The minimum Gasteiger partial charge on any atom is -0.396 e. The Morgan fingerprint density at radius 1 is 1.05 bits per heavy atom. The zero-order valence-electron chi connectivity index (χ0n) is 14.3. The molecule has 4 fully saturated rings. The van der Waals surface area contributed by atoms with E-state index in [2.05, 4.69) is 13.8 Å². The van der Waals surface area contributed by atoms with Gasteiger partial charge in [-0.05, 0) is 85.9 Å². The van der Waals surface area contributed by atoms with Crippen molar-refractivity contribution in [3.05, 3.63) is 0 Å². The molecule has 2 heteroatoms. The van der Waals surface area contributed by atoms with Crippen molar-refractivity contribution in [2.45, 2.75) is 71.6 Å². The standard InChI is InChI=1S/C20H32O2/c1-18(13-22)7-3-8-19(2)16(18)6-9-20-10-14(4-5-17(19)20)15(11-20)12-21/h13-17,21H,3-12H2,1-2H3/t14-,15-,16+,17+,18+,19+,20+/m0/s1. The fourth-order valence-corrected chi connectivity index (χ4v) is 7.99. The third-order valence-electron chi connectivity index (χ3n) is 8.82. The maximum atomic E-state index is 11.9. The lowest BCUT2D eigenvalue weighted by molar-refractivity contribution is -0.157. The van der Waals surface area contributed by atoms with Gasteiger partial charge in [-0.25, -0.2) is 0 Å². The van der Waals surface area contributed by atoms with Crippen molar-refractivity contribution in [3.8, 4) is 0 Å². The van der Waals surface area contributed by atoms with E-state index in [1.54, 1.807) is 0 Å². The van der Waals surface area contributed by atoms with Crippen LogP contribution >= 0.6 is 0 Å². The highest BCUT2D eigenvalue weighted by Gasteiger charge is 2.64. The number of aldehydes is 1. The van der Waals surface area contributed by atoms with Crippen LogP contribution in [0, 0.1) is 39.9 Å². The van der Waals surface area contributed by atoms with Gasteiger partial charge in [0.15, 0.2) is 0 Å². The number of aliphatic hydroxyl groups is 1. The van der Waals surface area contributed by atoms with Crippen LogP contribution in [0.15, 0.2) is 0 Å². The van der Waals surface area contributed by atoms with Gasteiger partial charge in [-0.3, -0.25) is 0 Å². The van der Waals surface area contributed by atoms with Crippen LogP contribution in [0.4, 0.5) is 0 Å². The fourth-order valence-electron chi connectivity index (χ4n) is 7.99. The predicted molar refractivity (Wildman–Crippen MR) is 87.3 cm³/mol. The second kappa shape index (κ2) is 4.82. The van der Waals surface area contributed by atoms with Crippen molar-refractivity contribution in [1.82, 2.24) is 0 Å². The highest BCUT2D eigenvalue weighted by Crippen LogP contribution is 2.72. The van der Waals surface area contributed by atoms with E-state index in [0.717, 1.165) is 18.3 Å². The number of hydrogen-bond donors (Lipinski definition) is 1. The molecule has 0 unspecified atom stereocenters. The molecule has 0 saturated heterocycles. The Labute approximate surface area is 135 Å². The first-order valence-corrected chi connectivity index (χ1v) is 9.55. The number of carbonyl (C=O) groups is 1. The summed E-state index contributed by atoms with van der Waals surface area (Å²) in [5.74, 6) is 2.73. The lowest BCUT2D eigenvalue weighted by Gasteiger charge is -2.63. The van der Waals surface area contributed by atoms with Crippen molar-refractivity contribution in [1.29, 1.82) is 0 Å². The van der Waals surface area contributed by atoms with E-state index in [9.17, 15) is 9.90 Å². The highest BCUT2D eigenvalue weighted by atomic mass is 16.3. The molecule has 2 bridgehead atoms. The molecular weight excluding hydrogens is 272 g/mol. The molecule has 22 heavy (non-hydrogen) atoms. The first kappa shape index (κ1) is 15.2. The maximum absolute atomic E-state index is 11.9. The highest BCUT2D eigenvalue weighted by molar-refractivity contribution is 5.60. The summed E-state index contributed by atoms with van der Waals surface area (Å²) in [6, 6.07) is 0. The van der Waals surface area contributed by atoms with Gasteiger partial charge in [0.2, 0.25) is 0 Å². The van der Waals surface area contributed by atoms with Crippen LogP contribution < -0.4 is 0 Å². The summed E-state index contributed by atoms with van der Waals surface area (Å²) in [5.41, 5.74) is 0.782. The number of hydrogen-bond acceptors (Lipinski definition) is 2. The molecule has 4 rings (SSSR count). The van der Waals surface area contributed by atoms with Gasteiger partial charge in [0.25, 0.3) is 0 Å². The zero-order valence-corrected chi connectivity index (χ0v) is 14.3. The topological polar surface area (TPSA) is 37.3 Å². The molecule has 0 heterocycles. The van der Waals surface area contributed by atoms with E-state index in [0.29, 0.717) is 29.3 Å². The molecule has 1 N–H and O–H groups in total. The molecule has 0 aromatic carbocycles. The van der Waals surface area contributed by atoms with Crippen molar-refractivity contribution >= 4 is 6.29 Å². The van der Waals surface area contributed by atoms with Crippen LogP contribution in [0.5, 0.6) is 0 Å². The predicted octanol–water partition coefficient (Wildman–Crippen LogP) is 4.21. The first-order chi connectivity index (χ1) is 10.5. The fraction of sp³-hybridized carbons (Fsp3) is 0.950. The minimum atomic E-state index is -0.0829. The van der Waals surface area contributed by atoms with Crippen LogP contribution in [0.25, 0.3) is 0 Å². The lowest BCUT2D eigenvalue weighted by Crippen LogP contribution is -2.56. The average Bonchev–Trinajstić information content (AvgIpc) is 2.77. The third kappa shape index (κ3) is 1.79. The van der Waals surface area contributed by atoms with E-state index >= 15 is 0 Å². The van der Waals surface area contributed by atoms with E-state index in [1.807, 2.05) is 0 Å². The average molecular weight is 304 g/mol. The number of rotatable bonds is 2. The van der Waals surface area contributed by atoms with Gasteiger partial charge in [0.05, 0.1) is 0 Å². The summed E-state index contributed by atoms with van der Waals surface area (Å²) in [4.78, 5) is 11.9. The molecule has 124 valence electrons. The normalized spacial score (nSPS) is 57.0. The maximum Gasteiger partial charge on any atom is 0.126 e. The Balaban J connectivity index is 1.70. The molecule has 4 saturated carbocycles. The summed E-state index contributed by atoms with van der Waals surface area (Å²) in [7, 11) is 0. The van der Waals surface area contributed by atoms with E-state index in [4.69, 9.17) is 0 Å². The Morgan fingerprint density at radius 2 is 1.86 bits per heavy atom. The number of fused-ring (bicyclic) bond motifs is 3. The van der Waals surface area contributed by atoms with Crippen molar-refractivity contribution in [3.63, 3.8) is 0 Å². The smallest absolute Gasteiger partial charge is 0.126 e. The van der Waals surface area contributed by atoms with Crippen molar-refractivity contribution in [2.24, 2.45) is 39.9 Å². The Bertz CT molecular complexity index is 474. The van der Waals surface area contributed by atoms with E-state index < -0.39 is 0 Å². The number of carbonyl (C=O) groups excluding carboxylic acids is 1. The van der Waals surface area contributed by atoms with Gasteiger partial charge in [-0.15, -0.1) is 0 Å². The Morgan fingerprint density at radius 3 is 2.59 bits per heavy atom. The first-order valence-electron chi connectivity index (χ1n) is 9.55. The molecule has 0 aromatic heterocycles. The molecule has 4 aliphatic carbocycles. The zero-order chi connectivity index (χ0) is 15.6. The molecule has 0 amide bonds. The van der Waals surface area contributed by atoms with Crippen molar-refractivity contribution in [2.75, 3.05) is 6.61 Å². The van der Waals surface area contributed by atoms with Gasteiger partial charge in [-0.2, -0.15) is 0 Å². The van der Waals surface area contributed by atoms with E-state index in [1.165, 1.54) is 57.7 Å². The molecular formula is C20H32O2. The summed E-state index contributed by atoms with van der Waals surface area (Å²) >= 11 is 0. The van der Waals surface area contributed by atoms with Gasteiger partial charge < -0.3 is 9.90 Å². The van der Waals surface area contributed by atoms with Crippen LogP contribution in [-0.4, -0.2) is 18.0 Å². The summed E-state index contributed by atoms with van der Waals surface area (Å²) < 4.78 is 0. The van der Waals surface area contributed by atoms with Crippen LogP contribution in [0.2, 0.25) is 0 Å². The Kier molecular flexibility index (Phi) is 3.32. The quantitative estimate of drug-likeness (QED) is 0.776. The number of aliphatic hydroxyl groups excluding tert-OH is 1. The Hall–Kier alpha value is -0.370. The van der Waals surface area contributed by atoms with Crippen LogP contribution in [0.1, 0.15) is 71.6 Å². The minimum absolute atomic E-state index is 0.0829. The second-order valence-electron chi connectivity index (χ2n) is 9.68. The summed E-state index contributed by atoms with van der Waals surface area (Å²) in [5, 5.41) is 9.77. The van der Waals surface area contributed by atoms with Crippen LogP contribution in [0.3, 0.4) is 0 Å². The lowest BCUT2D eigenvalue weighted by atomic mass is 9.41. The summed E-state index contributed by atoms with van der Waals surface area (Å²) in [6.07, 6.45) is 12.8. The van der Waals surface area contributed by atoms with Crippen LogP contribution in [-0.2, 0) is 4.79 Å². The summed E-state index contributed by atoms with van der Waals surface area (Å²) in [6.45, 7) is 5.15. The molecule has 7 atom stereocenters. The molecule has 0 aliphatic heterocycles. The van der Waals surface area contributed by atoms with Gasteiger partial charge >= 0.3 is 0 Å². The van der Waals surface area contributed by atoms with Crippen molar-refractivity contribution < 1.29 is 9.90 Å². The molecule has 4 aliphatic rings. The van der Waals surface area contributed by atoms with Gasteiger partial charge in [0.1, 0.15) is 6.29 Å². The second-order valence-corrected chi connectivity index (χ2v) is 9.68. The molecule has 1 spiro atoms. The largest absolute Gasteiger partial charge is 0.396 e. The van der Waals surface area contributed by atoms with E-state index in [-0.39, 0.29) is 5.41 Å². The SMILES string of the molecule is C[C@@]12CCC[C@](C)(C=O)[C@H]1CC[C@@]13C[C@@H](CO)[C@@H](CC[C@@H]12)C3. The molecule has 2 nitrogen and oxygen atoms in total. The molecule has 0 radical (unpaired) electrons.